The van der Waals surface area contributed by atoms with Gasteiger partial charge in [0.15, 0.2) is 0 Å². The molecule has 0 aliphatic heterocycles. The van der Waals surface area contributed by atoms with Gasteiger partial charge in [-0.05, 0) is 23.9 Å². The molecule has 0 fully saturated rings. The van der Waals surface area contributed by atoms with Crippen LogP contribution in [-0.2, 0) is 5.75 Å². The number of aromatic nitrogens is 1. The summed E-state index contributed by atoms with van der Waals surface area (Å²) >= 11 is 3.65. The molecule has 2 aromatic heterocycles. The Morgan fingerprint density at radius 3 is 3.06 bits per heavy atom. The van der Waals surface area contributed by atoms with Crippen LogP contribution in [0.5, 0.6) is 0 Å². The van der Waals surface area contributed by atoms with E-state index in [2.05, 4.69) is 40.8 Å². The summed E-state index contributed by atoms with van der Waals surface area (Å²) in [6, 6.07) is 8.39. The summed E-state index contributed by atoms with van der Waals surface area (Å²) in [4.78, 5) is 4.40. The zero-order valence-corrected chi connectivity index (χ0v) is 11.5. The van der Waals surface area contributed by atoms with Crippen molar-refractivity contribution in [2.75, 3.05) is 11.9 Å². The third-order valence-electron chi connectivity index (χ3n) is 2.30. The molecule has 2 nitrogen and oxygen atoms in total. The van der Waals surface area contributed by atoms with Crippen LogP contribution in [-0.4, -0.2) is 11.5 Å². The fourth-order valence-electron chi connectivity index (χ4n) is 1.45. The molecule has 1 N–H and O–H groups in total. The first kappa shape index (κ1) is 12.5. The number of thioether (sulfide) groups is 1. The lowest BCUT2D eigenvalue weighted by atomic mass is 10.3. The summed E-state index contributed by atoms with van der Waals surface area (Å²) in [6.45, 7) is 3.14. The molecule has 0 saturated heterocycles. The fraction of sp³-hybridized carbons (Fsp3) is 0.308. The summed E-state index contributed by atoms with van der Waals surface area (Å²) in [5.74, 6) is 2.00. The molecule has 0 aromatic carbocycles. The van der Waals surface area contributed by atoms with Gasteiger partial charge in [-0.25, -0.2) is 4.98 Å². The smallest absolute Gasteiger partial charge is 0.129 e. The van der Waals surface area contributed by atoms with Gasteiger partial charge in [-0.15, -0.1) is 23.1 Å². The molecule has 17 heavy (non-hydrogen) atoms. The van der Waals surface area contributed by atoms with Crippen molar-refractivity contribution >= 4 is 28.9 Å². The van der Waals surface area contributed by atoms with E-state index in [9.17, 15) is 0 Å². The molecule has 2 aromatic rings. The van der Waals surface area contributed by atoms with Gasteiger partial charge in [0, 0.05) is 24.1 Å². The van der Waals surface area contributed by atoms with E-state index in [-0.39, 0.29) is 0 Å². The second-order valence-corrected chi connectivity index (χ2v) is 5.88. The van der Waals surface area contributed by atoms with Gasteiger partial charge in [0.25, 0.3) is 0 Å². The molecule has 0 amide bonds. The number of rotatable bonds is 6. The van der Waals surface area contributed by atoms with E-state index in [1.807, 2.05) is 24.0 Å². The van der Waals surface area contributed by atoms with Gasteiger partial charge in [-0.3, -0.25) is 0 Å². The van der Waals surface area contributed by atoms with Crippen LogP contribution < -0.4 is 5.32 Å². The van der Waals surface area contributed by atoms with Gasteiger partial charge < -0.3 is 5.32 Å². The minimum absolute atomic E-state index is 0.973. The largest absolute Gasteiger partial charge is 0.370 e. The van der Waals surface area contributed by atoms with Gasteiger partial charge in [0.2, 0.25) is 0 Å². The number of anilines is 1. The third kappa shape index (κ3) is 3.75. The molecule has 90 valence electrons. The van der Waals surface area contributed by atoms with Crippen molar-refractivity contribution in [3.8, 4) is 0 Å². The van der Waals surface area contributed by atoms with E-state index >= 15 is 0 Å². The standard InChI is InChI=1S/C13H16N2S2/c1-2-7-14-13-11(5-3-8-15-13)10-17-12-6-4-9-16-12/h3-6,8-9H,2,7,10H2,1H3,(H,14,15). The van der Waals surface area contributed by atoms with E-state index in [0.29, 0.717) is 0 Å². The molecule has 0 radical (unpaired) electrons. The summed E-state index contributed by atoms with van der Waals surface area (Å²) in [5, 5.41) is 5.48. The van der Waals surface area contributed by atoms with Crippen molar-refractivity contribution in [2.45, 2.75) is 23.3 Å². The maximum Gasteiger partial charge on any atom is 0.129 e. The molecule has 0 saturated carbocycles. The van der Waals surface area contributed by atoms with Gasteiger partial charge >= 0.3 is 0 Å². The Morgan fingerprint density at radius 1 is 1.35 bits per heavy atom. The lowest BCUT2D eigenvalue weighted by Gasteiger charge is -2.09. The minimum atomic E-state index is 0.973. The van der Waals surface area contributed by atoms with Crippen LogP contribution in [0.15, 0.2) is 40.1 Å². The monoisotopic (exact) mass is 264 g/mol. The minimum Gasteiger partial charge on any atom is -0.370 e. The molecule has 0 spiro atoms. The Labute approximate surface area is 110 Å². The molecule has 2 heterocycles. The first-order valence-electron chi connectivity index (χ1n) is 5.74. The normalized spacial score (nSPS) is 10.4. The Morgan fingerprint density at radius 2 is 2.29 bits per heavy atom. The van der Waals surface area contributed by atoms with E-state index in [1.165, 1.54) is 9.77 Å². The lowest BCUT2D eigenvalue weighted by Crippen LogP contribution is -2.04. The molecule has 0 bridgehead atoms. The highest BCUT2D eigenvalue weighted by molar-refractivity contribution is 8.00. The van der Waals surface area contributed by atoms with Crippen LogP contribution in [0.2, 0.25) is 0 Å². The fourth-order valence-corrected chi connectivity index (χ4v) is 3.22. The van der Waals surface area contributed by atoms with Crippen molar-refractivity contribution in [1.82, 2.24) is 4.98 Å². The van der Waals surface area contributed by atoms with Gasteiger partial charge in [-0.2, -0.15) is 0 Å². The van der Waals surface area contributed by atoms with Crippen LogP contribution in [0.25, 0.3) is 0 Å². The SMILES string of the molecule is CCCNc1ncccc1CSc1cccs1. The highest BCUT2D eigenvalue weighted by Crippen LogP contribution is 2.28. The Balaban J connectivity index is 1.99. The zero-order chi connectivity index (χ0) is 11.9. The number of hydrogen-bond acceptors (Lipinski definition) is 4. The van der Waals surface area contributed by atoms with Crippen LogP contribution in [0, 0.1) is 0 Å². The van der Waals surface area contributed by atoms with Crippen LogP contribution in [0.1, 0.15) is 18.9 Å². The maximum atomic E-state index is 4.40. The summed E-state index contributed by atoms with van der Waals surface area (Å²) in [6.07, 6.45) is 2.96. The molecular weight excluding hydrogens is 248 g/mol. The topological polar surface area (TPSA) is 24.9 Å². The first-order valence-corrected chi connectivity index (χ1v) is 7.60. The Hall–Kier alpha value is -1.00. The van der Waals surface area contributed by atoms with Crippen molar-refractivity contribution in [1.29, 1.82) is 0 Å². The van der Waals surface area contributed by atoms with Crippen molar-refractivity contribution in [3.05, 3.63) is 41.4 Å². The molecule has 4 heteroatoms. The maximum absolute atomic E-state index is 4.40. The number of hydrogen-bond donors (Lipinski definition) is 1. The lowest BCUT2D eigenvalue weighted by molar-refractivity contribution is 0.965. The average molecular weight is 264 g/mol. The quantitative estimate of drug-likeness (QED) is 0.789. The molecule has 0 aliphatic rings. The van der Waals surface area contributed by atoms with Crippen LogP contribution >= 0.6 is 23.1 Å². The molecule has 0 aliphatic carbocycles. The molecule has 0 atom stereocenters. The van der Waals surface area contributed by atoms with Crippen molar-refractivity contribution < 1.29 is 0 Å². The molecule has 0 unspecified atom stereocenters. The Bertz CT molecular complexity index is 440. The van der Waals surface area contributed by atoms with E-state index in [4.69, 9.17) is 0 Å². The van der Waals surface area contributed by atoms with Crippen molar-refractivity contribution in [2.24, 2.45) is 0 Å². The highest BCUT2D eigenvalue weighted by atomic mass is 32.2. The van der Waals surface area contributed by atoms with Crippen molar-refractivity contribution in [3.63, 3.8) is 0 Å². The third-order valence-corrected chi connectivity index (χ3v) is 4.48. The Kier molecular flexibility index (Phi) is 4.88. The average Bonchev–Trinajstić information content (AvgIpc) is 2.88. The van der Waals surface area contributed by atoms with Gasteiger partial charge in [0.05, 0.1) is 4.21 Å². The molecular formula is C13H16N2S2. The zero-order valence-electron chi connectivity index (χ0n) is 9.85. The summed E-state index contributed by atoms with van der Waals surface area (Å²) in [7, 11) is 0. The second kappa shape index (κ2) is 6.67. The highest BCUT2D eigenvalue weighted by Gasteiger charge is 2.03. The predicted octanol–water partition coefficient (Wildman–Crippen LogP) is 4.26. The predicted molar refractivity (Wildman–Crippen MR) is 76.9 cm³/mol. The number of nitrogens with zero attached hydrogens (tertiary/aromatic N) is 1. The molecule has 2 rings (SSSR count). The van der Waals surface area contributed by atoms with Gasteiger partial charge in [0.1, 0.15) is 5.82 Å². The number of pyridine rings is 1. The summed E-state index contributed by atoms with van der Waals surface area (Å²) < 4.78 is 1.36. The van der Waals surface area contributed by atoms with E-state index in [0.717, 1.165) is 24.5 Å². The van der Waals surface area contributed by atoms with Crippen LogP contribution in [0.3, 0.4) is 0 Å². The van der Waals surface area contributed by atoms with Gasteiger partial charge in [-0.1, -0.05) is 19.1 Å². The number of thiophene rings is 1. The van der Waals surface area contributed by atoms with Crippen LogP contribution in [0.4, 0.5) is 5.82 Å². The second-order valence-electron chi connectivity index (χ2n) is 3.66. The first-order chi connectivity index (χ1) is 8.40. The van der Waals surface area contributed by atoms with E-state index < -0.39 is 0 Å². The van der Waals surface area contributed by atoms with E-state index in [1.54, 1.807) is 11.3 Å². The number of nitrogens with one attached hydrogen (secondary N) is 1. The summed E-state index contributed by atoms with van der Waals surface area (Å²) in [5.41, 5.74) is 1.28.